The molecule has 0 saturated heterocycles. The molecule has 0 fully saturated rings. The Hall–Kier alpha value is -0.850. The van der Waals surface area contributed by atoms with Gasteiger partial charge >= 0.3 is 0 Å². The number of hydrogen-bond donors (Lipinski definition) is 3. The van der Waals surface area contributed by atoms with E-state index in [1.165, 1.54) is 0 Å². The summed E-state index contributed by atoms with van der Waals surface area (Å²) in [5.41, 5.74) is 0. The Balaban J connectivity index is 2.38. The van der Waals surface area contributed by atoms with Crippen molar-refractivity contribution in [2.75, 3.05) is 39.5 Å². The fraction of sp³-hybridized carbons (Fsp3) is 0.538. The van der Waals surface area contributed by atoms with Crippen molar-refractivity contribution in [1.82, 2.24) is 4.90 Å². The van der Waals surface area contributed by atoms with Gasteiger partial charge in [-0.25, -0.2) is 0 Å². The summed E-state index contributed by atoms with van der Waals surface area (Å²) in [4.78, 5) is 1.76. The van der Waals surface area contributed by atoms with Gasteiger partial charge in [0.15, 0.2) is 0 Å². The number of aliphatic hydroxyl groups excluding tert-OH is 3. The lowest BCUT2D eigenvalue weighted by Crippen LogP contribution is -2.38. The van der Waals surface area contributed by atoms with Crippen LogP contribution in [0.5, 0.6) is 5.75 Å². The molecule has 0 bridgehead atoms. The summed E-state index contributed by atoms with van der Waals surface area (Å²) in [6.07, 6.45) is -0.714. The van der Waals surface area contributed by atoms with E-state index in [2.05, 4.69) is 0 Å². The molecule has 0 saturated carbocycles. The molecule has 0 aliphatic carbocycles. The fourth-order valence-electron chi connectivity index (χ4n) is 1.68. The summed E-state index contributed by atoms with van der Waals surface area (Å²) in [5, 5.41) is 28.1. The van der Waals surface area contributed by atoms with Crippen LogP contribution in [-0.4, -0.2) is 65.8 Å². The minimum Gasteiger partial charge on any atom is -0.489 e. The SMILES string of the molecule is OCCN(CCO)C[C@@H](O)COc1ccccc1Cl. The Labute approximate surface area is 118 Å². The molecule has 1 aromatic rings. The molecule has 1 rings (SSSR count). The number of ether oxygens (including phenoxy) is 1. The highest BCUT2D eigenvalue weighted by Crippen LogP contribution is 2.23. The first kappa shape index (κ1) is 16.2. The van der Waals surface area contributed by atoms with Crippen LogP contribution in [0.1, 0.15) is 0 Å². The highest BCUT2D eigenvalue weighted by atomic mass is 35.5. The van der Waals surface area contributed by atoms with Crippen molar-refractivity contribution in [3.8, 4) is 5.75 Å². The van der Waals surface area contributed by atoms with Crippen molar-refractivity contribution in [1.29, 1.82) is 0 Å². The minimum absolute atomic E-state index is 0.0158. The largest absolute Gasteiger partial charge is 0.489 e. The van der Waals surface area contributed by atoms with Crippen LogP contribution in [0.25, 0.3) is 0 Å². The highest BCUT2D eigenvalue weighted by molar-refractivity contribution is 6.32. The van der Waals surface area contributed by atoms with Crippen LogP contribution in [0.2, 0.25) is 5.02 Å². The Morgan fingerprint density at radius 1 is 1.16 bits per heavy atom. The van der Waals surface area contributed by atoms with E-state index in [0.717, 1.165) is 0 Å². The molecule has 5 nitrogen and oxygen atoms in total. The number of hydrogen-bond acceptors (Lipinski definition) is 5. The Morgan fingerprint density at radius 3 is 2.37 bits per heavy atom. The van der Waals surface area contributed by atoms with Crippen LogP contribution < -0.4 is 4.74 Å². The lowest BCUT2D eigenvalue weighted by atomic mass is 10.3. The lowest BCUT2D eigenvalue weighted by molar-refractivity contribution is 0.0552. The maximum absolute atomic E-state index is 9.85. The van der Waals surface area contributed by atoms with Gasteiger partial charge in [0.25, 0.3) is 0 Å². The molecule has 6 heteroatoms. The average molecular weight is 290 g/mol. The third-order valence-corrected chi connectivity index (χ3v) is 2.88. The number of para-hydroxylation sites is 1. The molecule has 0 heterocycles. The molecule has 1 atom stereocenters. The Morgan fingerprint density at radius 2 is 1.79 bits per heavy atom. The number of benzene rings is 1. The zero-order chi connectivity index (χ0) is 14.1. The van der Waals surface area contributed by atoms with Crippen molar-refractivity contribution >= 4 is 11.6 Å². The van der Waals surface area contributed by atoms with Crippen molar-refractivity contribution in [3.05, 3.63) is 29.3 Å². The smallest absolute Gasteiger partial charge is 0.138 e. The molecule has 0 radical (unpaired) electrons. The summed E-state index contributed by atoms with van der Waals surface area (Å²) in [6.45, 7) is 1.21. The number of nitrogens with zero attached hydrogens (tertiary/aromatic N) is 1. The van der Waals surface area contributed by atoms with Gasteiger partial charge in [-0.3, -0.25) is 4.90 Å². The molecule has 0 unspecified atom stereocenters. The van der Waals surface area contributed by atoms with E-state index >= 15 is 0 Å². The number of halogens is 1. The van der Waals surface area contributed by atoms with E-state index in [-0.39, 0.29) is 19.8 Å². The van der Waals surface area contributed by atoms with Crippen LogP contribution in [0, 0.1) is 0 Å². The van der Waals surface area contributed by atoms with Gasteiger partial charge in [-0.2, -0.15) is 0 Å². The fourth-order valence-corrected chi connectivity index (χ4v) is 1.87. The predicted octanol–water partition coefficient (Wildman–Crippen LogP) is 0.366. The summed E-state index contributed by atoms with van der Waals surface area (Å²) in [5.74, 6) is 0.527. The molecule has 0 aliphatic rings. The molecule has 0 aliphatic heterocycles. The zero-order valence-corrected chi connectivity index (χ0v) is 11.5. The van der Waals surface area contributed by atoms with E-state index < -0.39 is 6.10 Å². The van der Waals surface area contributed by atoms with Crippen LogP contribution in [0.4, 0.5) is 0 Å². The molecule has 108 valence electrons. The van der Waals surface area contributed by atoms with E-state index in [9.17, 15) is 5.11 Å². The van der Waals surface area contributed by atoms with Gasteiger partial charge in [0.2, 0.25) is 0 Å². The third kappa shape index (κ3) is 6.22. The monoisotopic (exact) mass is 289 g/mol. The Bertz CT molecular complexity index is 358. The molecular formula is C13H20ClNO4. The quantitative estimate of drug-likeness (QED) is 0.612. The first-order valence-electron chi connectivity index (χ1n) is 6.16. The summed E-state index contributed by atoms with van der Waals surface area (Å²) < 4.78 is 5.42. The normalized spacial score (nSPS) is 12.7. The molecule has 1 aromatic carbocycles. The predicted molar refractivity (Wildman–Crippen MR) is 73.6 cm³/mol. The van der Waals surface area contributed by atoms with Gasteiger partial charge in [-0.05, 0) is 12.1 Å². The molecule has 0 aromatic heterocycles. The van der Waals surface area contributed by atoms with Crippen LogP contribution in [0.3, 0.4) is 0 Å². The first-order chi connectivity index (χ1) is 9.17. The first-order valence-corrected chi connectivity index (χ1v) is 6.54. The summed E-state index contributed by atoms with van der Waals surface area (Å²) in [6, 6.07) is 7.05. The topological polar surface area (TPSA) is 73.2 Å². The van der Waals surface area contributed by atoms with E-state index in [0.29, 0.717) is 30.4 Å². The van der Waals surface area contributed by atoms with E-state index in [1.54, 1.807) is 29.2 Å². The van der Waals surface area contributed by atoms with Crippen molar-refractivity contribution in [2.45, 2.75) is 6.10 Å². The second-order valence-electron chi connectivity index (χ2n) is 4.14. The number of rotatable bonds is 9. The van der Waals surface area contributed by atoms with Crippen LogP contribution in [-0.2, 0) is 0 Å². The number of aliphatic hydroxyl groups is 3. The minimum atomic E-state index is -0.714. The zero-order valence-electron chi connectivity index (χ0n) is 10.7. The standard InChI is InChI=1S/C13H20ClNO4/c14-12-3-1-2-4-13(12)19-10-11(18)9-15(5-7-16)6-8-17/h1-4,11,16-18H,5-10H2/t11-/m1/s1. The van der Waals surface area contributed by atoms with Gasteiger partial charge in [-0.1, -0.05) is 23.7 Å². The molecule has 0 amide bonds. The second kappa shape index (κ2) is 9.12. The van der Waals surface area contributed by atoms with Crippen molar-refractivity contribution < 1.29 is 20.1 Å². The molecule has 3 N–H and O–H groups in total. The van der Waals surface area contributed by atoms with Gasteiger partial charge in [0.05, 0.1) is 18.2 Å². The van der Waals surface area contributed by atoms with Crippen LogP contribution >= 0.6 is 11.6 Å². The molecule has 0 spiro atoms. The molecule has 19 heavy (non-hydrogen) atoms. The maximum atomic E-state index is 9.85. The summed E-state index contributed by atoms with van der Waals surface area (Å²) >= 11 is 5.93. The van der Waals surface area contributed by atoms with E-state index in [4.69, 9.17) is 26.6 Å². The summed E-state index contributed by atoms with van der Waals surface area (Å²) in [7, 11) is 0. The average Bonchev–Trinajstić information content (AvgIpc) is 2.38. The van der Waals surface area contributed by atoms with Crippen molar-refractivity contribution in [2.24, 2.45) is 0 Å². The van der Waals surface area contributed by atoms with Gasteiger partial charge < -0.3 is 20.1 Å². The van der Waals surface area contributed by atoms with Crippen LogP contribution in [0.15, 0.2) is 24.3 Å². The maximum Gasteiger partial charge on any atom is 0.138 e. The van der Waals surface area contributed by atoms with Gasteiger partial charge in [0.1, 0.15) is 18.5 Å². The lowest BCUT2D eigenvalue weighted by Gasteiger charge is -2.23. The Kier molecular flexibility index (Phi) is 7.78. The van der Waals surface area contributed by atoms with Gasteiger partial charge in [-0.15, -0.1) is 0 Å². The highest BCUT2D eigenvalue weighted by Gasteiger charge is 2.12. The molecular weight excluding hydrogens is 270 g/mol. The van der Waals surface area contributed by atoms with Crippen molar-refractivity contribution in [3.63, 3.8) is 0 Å². The van der Waals surface area contributed by atoms with Gasteiger partial charge in [0, 0.05) is 19.6 Å². The second-order valence-corrected chi connectivity index (χ2v) is 4.55. The third-order valence-electron chi connectivity index (χ3n) is 2.57. The van der Waals surface area contributed by atoms with E-state index in [1.807, 2.05) is 0 Å².